The molecule has 1 amide bonds. The Morgan fingerprint density at radius 1 is 1.38 bits per heavy atom. The second-order valence-electron chi connectivity index (χ2n) is 6.92. The number of pyridine rings is 1. The quantitative estimate of drug-likeness (QED) is 0.264. The Morgan fingerprint density at radius 3 is 2.81 bits per heavy atom. The third-order valence-electron chi connectivity index (χ3n) is 4.39. The van der Waals surface area contributed by atoms with Gasteiger partial charge in [0.1, 0.15) is 23.1 Å². The van der Waals surface area contributed by atoms with Crippen molar-refractivity contribution in [2.24, 2.45) is 0 Å². The van der Waals surface area contributed by atoms with E-state index in [-0.39, 0.29) is 36.1 Å². The second kappa shape index (κ2) is 10.1. The van der Waals surface area contributed by atoms with Gasteiger partial charge in [-0.25, -0.2) is 4.39 Å². The number of hydrogen-bond donors (Lipinski definition) is 4. The predicted molar refractivity (Wildman–Crippen MR) is 108 cm³/mol. The molecule has 0 aliphatic rings. The summed E-state index contributed by atoms with van der Waals surface area (Å²) in [5.74, 6) is -0.281. The summed E-state index contributed by atoms with van der Waals surface area (Å²) in [5.41, 5.74) is -0.418. The molecule has 3 heterocycles. The molecule has 174 valence electrons. The number of aliphatic hydroxyl groups excluding tert-OH is 1. The van der Waals surface area contributed by atoms with Crippen LogP contribution >= 0.6 is 11.3 Å². The average Bonchev–Trinajstić information content (AvgIpc) is 3.15. The van der Waals surface area contributed by atoms with Crippen molar-refractivity contribution in [1.29, 1.82) is 0 Å². The zero-order chi connectivity index (χ0) is 23.3. The van der Waals surface area contributed by atoms with E-state index < -0.39 is 24.1 Å². The number of halogens is 4. The molecule has 3 aromatic rings. The fourth-order valence-electron chi connectivity index (χ4n) is 2.80. The molecule has 0 aliphatic heterocycles. The Hall–Kier alpha value is -3.00. The maximum absolute atomic E-state index is 14.1. The van der Waals surface area contributed by atoms with Crippen LogP contribution in [0.3, 0.4) is 0 Å². The molecule has 0 bridgehead atoms. The number of aryl methyl sites for hydroxylation is 1. The number of carbonyl (C=O) groups is 1. The zero-order valence-corrected chi connectivity index (χ0v) is 17.7. The van der Waals surface area contributed by atoms with Crippen LogP contribution in [0.1, 0.15) is 33.2 Å². The van der Waals surface area contributed by atoms with Crippen molar-refractivity contribution >= 4 is 22.4 Å². The molecule has 2 atom stereocenters. The van der Waals surface area contributed by atoms with Gasteiger partial charge in [-0.2, -0.15) is 13.2 Å². The molecular formula is C18H21F4N7O2S. The van der Waals surface area contributed by atoms with Gasteiger partial charge < -0.3 is 15.7 Å². The fraction of sp³-hybridized carbons (Fsp3) is 0.444. The maximum Gasteiger partial charge on any atom is 0.416 e. The Kier molecular flexibility index (Phi) is 7.45. The number of H-pyrrole nitrogens is 1. The topological polar surface area (TPSA) is 121 Å². The van der Waals surface area contributed by atoms with E-state index in [9.17, 15) is 27.5 Å². The highest BCUT2D eigenvalue weighted by molar-refractivity contribution is 7.15. The van der Waals surface area contributed by atoms with Crippen molar-refractivity contribution in [1.82, 2.24) is 30.3 Å². The third-order valence-corrected chi connectivity index (χ3v) is 5.30. The van der Waals surface area contributed by atoms with Crippen molar-refractivity contribution < 1.29 is 27.5 Å². The number of carbonyl (C=O) groups excluding carboxylic acids is 1. The van der Waals surface area contributed by atoms with Gasteiger partial charge in [0.05, 0.1) is 18.3 Å². The van der Waals surface area contributed by atoms with Gasteiger partial charge in [0.2, 0.25) is 5.13 Å². The number of aliphatic hydroxyl groups is 1. The number of aromatic amines is 1. The van der Waals surface area contributed by atoms with Gasteiger partial charge >= 0.3 is 6.18 Å². The highest BCUT2D eigenvalue weighted by Gasteiger charge is 2.30. The molecule has 3 rings (SSSR count). The van der Waals surface area contributed by atoms with E-state index in [4.69, 9.17) is 0 Å². The molecule has 0 saturated heterocycles. The highest BCUT2D eigenvalue weighted by Crippen LogP contribution is 2.29. The summed E-state index contributed by atoms with van der Waals surface area (Å²) < 4.78 is 53.9. The van der Waals surface area contributed by atoms with Crippen LogP contribution in [0.2, 0.25) is 0 Å². The van der Waals surface area contributed by atoms with E-state index in [2.05, 4.69) is 30.9 Å². The number of hydrogen-bond acceptors (Lipinski definition) is 7. The molecule has 0 aromatic carbocycles. The van der Waals surface area contributed by atoms with Gasteiger partial charge in [0, 0.05) is 31.8 Å². The first-order valence-electron chi connectivity index (χ1n) is 9.54. The van der Waals surface area contributed by atoms with E-state index in [0.29, 0.717) is 17.1 Å². The summed E-state index contributed by atoms with van der Waals surface area (Å²) in [6.45, 7) is 0.0626. The number of nitrogens with zero attached hydrogens (tertiary/aromatic N) is 4. The standard InChI is InChI=1S/C18H21F4N7O2S/c1-23-16(31)13-9-29(28-13)8-11(19)2-3-15-26-27-17(32-15)25-14(30)7-12-6-10(4-5-24-12)18(20,21)22/h4-6,9,11,14,28,30H,2-3,7-8H2,1H3,(H,23,31)(H,25,27). The first kappa shape index (κ1) is 23.7. The lowest BCUT2D eigenvalue weighted by Gasteiger charge is -2.16. The van der Waals surface area contributed by atoms with E-state index in [1.165, 1.54) is 17.9 Å². The fourth-order valence-corrected chi connectivity index (χ4v) is 3.60. The lowest BCUT2D eigenvalue weighted by Crippen LogP contribution is -2.27. The predicted octanol–water partition coefficient (Wildman–Crippen LogP) is 2.38. The van der Waals surface area contributed by atoms with Crippen LogP contribution < -0.4 is 10.6 Å². The Morgan fingerprint density at radius 2 is 2.12 bits per heavy atom. The SMILES string of the molecule is CNC(=O)c1cn(CC(F)CCc2nnc(NC(O)Cc3cc(C(F)(F)F)ccn3)s2)[nH]1. The number of alkyl halides is 4. The molecule has 3 aromatic heterocycles. The lowest BCUT2D eigenvalue weighted by molar-refractivity contribution is -0.137. The summed E-state index contributed by atoms with van der Waals surface area (Å²) in [5, 5.41) is 26.5. The molecule has 14 heteroatoms. The molecule has 0 radical (unpaired) electrons. The molecular weight excluding hydrogens is 454 g/mol. The molecule has 0 spiro atoms. The monoisotopic (exact) mass is 475 g/mol. The Labute approximate surface area is 183 Å². The van der Waals surface area contributed by atoms with Crippen LogP contribution in [0.25, 0.3) is 0 Å². The normalized spacial score (nSPS) is 13.7. The highest BCUT2D eigenvalue weighted by atomic mass is 32.1. The first-order chi connectivity index (χ1) is 15.1. The molecule has 0 saturated carbocycles. The Bertz CT molecular complexity index is 1020. The molecule has 9 nitrogen and oxygen atoms in total. The number of aromatic nitrogens is 5. The summed E-state index contributed by atoms with van der Waals surface area (Å²) in [7, 11) is 1.50. The number of nitrogens with one attached hydrogen (secondary N) is 3. The zero-order valence-electron chi connectivity index (χ0n) is 16.9. The van der Waals surface area contributed by atoms with E-state index in [1.54, 1.807) is 0 Å². The van der Waals surface area contributed by atoms with Gasteiger partial charge in [-0.15, -0.1) is 10.2 Å². The van der Waals surface area contributed by atoms with Gasteiger partial charge in [-0.1, -0.05) is 11.3 Å². The Balaban J connectivity index is 1.44. The van der Waals surface area contributed by atoms with Crippen molar-refractivity contribution in [2.45, 2.75) is 44.4 Å². The molecule has 0 fully saturated rings. The van der Waals surface area contributed by atoms with Gasteiger partial charge in [0.25, 0.3) is 5.91 Å². The summed E-state index contributed by atoms with van der Waals surface area (Å²) in [4.78, 5) is 15.2. The van der Waals surface area contributed by atoms with Crippen LogP contribution in [0, 0.1) is 0 Å². The molecule has 0 aliphatic carbocycles. The van der Waals surface area contributed by atoms with Crippen molar-refractivity contribution in [3.05, 3.63) is 46.5 Å². The maximum atomic E-state index is 14.1. The molecule has 4 N–H and O–H groups in total. The molecule has 2 unspecified atom stereocenters. The molecule has 32 heavy (non-hydrogen) atoms. The summed E-state index contributed by atoms with van der Waals surface area (Å²) in [6.07, 6.45) is -4.03. The lowest BCUT2D eigenvalue weighted by atomic mass is 10.2. The van der Waals surface area contributed by atoms with Crippen LogP contribution in [-0.2, 0) is 25.6 Å². The van der Waals surface area contributed by atoms with Crippen molar-refractivity contribution in [2.75, 3.05) is 12.4 Å². The van der Waals surface area contributed by atoms with Crippen molar-refractivity contribution in [3.63, 3.8) is 0 Å². The van der Waals surface area contributed by atoms with Crippen LogP contribution in [0.15, 0.2) is 24.5 Å². The third kappa shape index (κ3) is 6.50. The van der Waals surface area contributed by atoms with Crippen LogP contribution in [0.4, 0.5) is 22.7 Å². The summed E-state index contributed by atoms with van der Waals surface area (Å²) >= 11 is 1.11. The minimum atomic E-state index is -4.49. The number of amides is 1. The second-order valence-corrected chi connectivity index (χ2v) is 7.98. The first-order valence-corrected chi connectivity index (χ1v) is 10.4. The summed E-state index contributed by atoms with van der Waals surface area (Å²) in [6, 6.07) is 1.73. The van der Waals surface area contributed by atoms with E-state index >= 15 is 0 Å². The number of rotatable bonds is 10. The van der Waals surface area contributed by atoms with Crippen LogP contribution in [0.5, 0.6) is 0 Å². The van der Waals surface area contributed by atoms with Crippen LogP contribution in [-0.4, -0.2) is 55.4 Å². The van der Waals surface area contributed by atoms with Gasteiger partial charge in [-0.3, -0.25) is 19.6 Å². The average molecular weight is 475 g/mol. The van der Waals surface area contributed by atoms with Gasteiger partial charge in [-0.05, 0) is 18.6 Å². The minimum Gasteiger partial charge on any atom is -0.373 e. The smallest absolute Gasteiger partial charge is 0.373 e. The largest absolute Gasteiger partial charge is 0.416 e. The van der Waals surface area contributed by atoms with E-state index in [1.807, 2.05) is 0 Å². The van der Waals surface area contributed by atoms with Gasteiger partial charge in [0.15, 0.2) is 0 Å². The minimum absolute atomic E-state index is 0.0626. The van der Waals surface area contributed by atoms with Crippen molar-refractivity contribution in [3.8, 4) is 0 Å². The van der Waals surface area contributed by atoms with E-state index in [0.717, 1.165) is 29.7 Å². The number of anilines is 1.